The second-order valence-corrected chi connectivity index (χ2v) is 5.74. The Morgan fingerprint density at radius 3 is 2.60 bits per heavy atom. The molecule has 0 saturated carbocycles. The lowest BCUT2D eigenvalue weighted by Gasteiger charge is -2.26. The number of hydrogen-bond acceptors (Lipinski definition) is 5. The van der Waals surface area contributed by atoms with Gasteiger partial charge in [0.1, 0.15) is 19.0 Å². The first-order chi connectivity index (χ1) is 12.1. The second kappa shape index (κ2) is 6.01. The summed E-state index contributed by atoms with van der Waals surface area (Å²) in [6.07, 6.45) is 0. The van der Waals surface area contributed by atoms with Crippen molar-refractivity contribution < 1.29 is 23.8 Å². The summed E-state index contributed by atoms with van der Waals surface area (Å²) in [5.41, 5.74) is 1.61. The number of carbonyl (C=O) groups excluding carboxylic acids is 2. The molecule has 0 spiro atoms. The SMILES string of the molecule is CN1C(=O)COc2ccc(C(=O)Nc3ccc4c(c3)OCCO4)cc21. The topological polar surface area (TPSA) is 77.1 Å². The zero-order chi connectivity index (χ0) is 17.4. The number of amides is 2. The third-order valence-electron chi connectivity index (χ3n) is 4.11. The van der Waals surface area contributed by atoms with Crippen LogP contribution in [0.15, 0.2) is 36.4 Å². The molecule has 2 aromatic carbocycles. The van der Waals surface area contributed by atoms with Gasteiger partial charge in [0.15, 0.2) is 18.1 Å². The van der Waals surface area contributed by atoms with E-state index in [1.165, 1.54) is 4.90 Å². The van der Waals surface area contributed by atoms with Crippen LogP contribution in [0.3, 0.4) is 0 Å². The molecule has 2 aliphatic rings. The molecule has 0 radical (unpaired) electrons. The summed E-state index contributed by atoms with van der Waals surface area (Å²) in [4.78, 5) is 25.8. The first-order valence-electron chi connectivity index (χ1n) is 7.86. The van der Waals surface area contributed by atoms with Crippen molar-refractivity contribution in [3.05, 3.63) is 42.0 Å². The van der Waals surface area contributed by atoms with E-state index in [2.05, 4.69) is 5.32 Å². The van der Waals surface area contributed by atoms with E-state index in [-0.39, 0.29) is 18.4 Å². The number of rotatable bonds is 2. The number of ether oxygens (including phenoxy) is 3. The van der Waals surface area contributed by atoms with Crippen LogP contribution in [-0.2, 0) is 4.79 Å². The number of nitrogens with zero attached hydrogens (tertiary/aromatic N) is 1. The molecule has 7 heteroatoms. The lowest BCUT2D eigenvalue weighted by Crippen LogP contribution is -2.35. The van der Waals surface area contributed by atoms with Crippen LogP contribution in [0, 0.1) is 0 Å². The fourth-order valence-electron chi connectivity index (χ4n) is 2.74. The summed E-state index contributed by atoms with van der Waals surface area (Å²) in [6.45, 7) is 1.00. The van der Waals surface area contributed by atoms with E-state index in [9.17, 15) is 9.59 Å². The molecule has 0 bridgehead atoms. The van der Waals surface area contributed by atoms with Gasteiger partial charge in [0.2, 0.25) is 0 Å². The lowest BCUT2D eigenvalue weighted by molar-refractivity contribution is -0.120. The first-order valence-corrected chi connectivity index (χ1v) is 7.86. The summed E-state index contributed by atoms with van der Waals surface area (Å²) in [5.74, 6) is 1.41. The number of carbonyl (C=O) groups is 2. The van der Waals surface area contributed by atoms with Gasteiger partial charge in [-0.05, 0) is 30.3 Å². The van der Waals surface area contributed by atoms with Crippen LogP contribution < -0.4 is 24.4 Å². The van der Waals surface area contributed by atoms with Crippen LogP contribution in [0.25, 0.3) is 0 Å². The minimum atomic E-state index is -0.286. The van der Waals surface area contributed by atoms with Crippen LogP contribution in [0.1, 0.15) is 10.4 Å². The number of likely N-dealkylation sites (N-methyl/N-ethyl adjacent to an activating group) is 1. The molecule has 2 amide bonds. The Bertz CT molecular complexity index is 865. The number of anilines is 2. The normalized spacial score (nSPS) is 15.2. The van der Waals surface area contributed by atoms with E-state index in [1.807, 2.05) is 0 Å². The highest BCUT2D eigenvalue weighted by Crippen LogP contribution is 2.34. The molecule has 4 rings (SSSR count). The fourth-order valence-corrected chi connectivity index (χ4v) is 2.74. The average Bonchev–Trinajstić information content (AvgIpc) is 2.64. The molecule has 0 aliphatic carbocycles. The Balaban J connectivity index is 1.56. The maximum absolute atomic E-state index is 12.5. The van der Waals surface area contributed by atoms with Crippen molar-refractivity contribution in [2.45, 2.75) is 0 Å². The van der Waals surface area contributed by atoms with Gasteiger partial charge in [0.25, 0.3) is 11.8 Å². The third kappa shape index (κ3) is 2.84. The summed E-state index contributed by atoms with van der Waals surface area (Å²) < 4.78 is 16.3. The van der Waals surface area contributed by atoms with E-state index in [0.717, 1.165) is 0 Å². The molecule has 128 valence electrons. The zero-order valence-electron chi connectivity index (χ0n) is 13.6. The summed E-state index contributed by atoms with van der Waals surface area (Å²) in [7, 11) is 1.66. The molecular formula is C18H16N2O5. The molecule has 2 heterocycles. The predicted octanol–water partition coefficient (Wildman–Crippen LogP) is 2.07. The van der Waals surface area contributed by atoms with Gasteiger partial charge in [0.05, 0.1) is 5.69 Å². The smallest absolute Gasteiger partial charge is 0.264 e. The van der Waals surface area contributed by atoms with Crippen LogP contribution in [0.2, 0.25) is 0 Å². The van der Waals surface area contributed by atoms with E-state index in [0.29, 0.717) is 47.4 Å². The molecule has 0 unspecified atom stereocenters. The van der Waals surface area contributed by atoms with E-state index in [4.69, 9.17) is 14.2 Å². The largest absolute Gasteiger partial charge is 0.486 e. The monoisotopic (exact) mass is 340 g/mol. The van der Waals surface area contributed by atoms with Crippen molar-refractivity contribution >= 4 is 23.2 Å². The molecule has 0 aromatic heterocycles. The number of fused-ring (bicyclic) bond motifs is 2. The van der Waals surface area contributed by atoms with Gasteiger partial charge in [0, 0.05) is 24.4 Å². The van der Waals surface area contributed by atoms with Crippen molar-refractivity contribution in [3.8, 4) is 17.2 Å². The van der Waals surface area contributed by atoms with E-state index in [1.54, 1.807) is 43.4 Å². The first kappa shape index (κ1) is 15.3. The van der Waals surface area contributed by atoms with Crippen molar-refractivity contribution in [2.75, 3.05) is 37.1 Å². The quantitative estimate of drug-likeness (QED) is 0.906. The molecule has 0 fully saturated rings. The second-order valence-electron chi connectivity index (χ2n) is 5.74. The Kier molecular flexibility index (Phi) is 3.68. The summed E-state index contributed by atoms with van der Waals surface area (Å²) in [6, 6.07) is 10.2. The van der Waals surface area contributed by atoms with Gasteiger partial charge in [-0.3, -0.25) is 9.59 Å². The number of nitrogens with one attached hydrogen (secondary N) is 1. The zero-order valence-corrected chi connectivity index (χ0v) is 13.6. The van der Waals surface area contributed by atoms with Gasteiger partial charge < -0.3 is 24.4 Å². The van der Waals surface area contributed by atoms with E-state index >= 15 is 0 Å². The van der Waals surface area contributed by atoms with Crippen LogP contribution >= 0.6 is 0 Å². The molecule has 2 aliphatic heterocycles. The molecule has 0 saturated heterocycles. The van der Waals surface area contributed by atoms with Gasteiger partial charge in [-0.25, -0.2) is 0 Å². The maximum atomic E-state index is 12.5. The standard InChI is InChI=1S/C18H16N2O5/c1-20-13-8-11(2-4-14(13)25-10-17(20)21)18(22)19-12-3-5-15-16(9-12)24-7-6-23-15/h2-5,8-9H,6-7,10H2,1H3,(H,19,22). The lowest BCUT2D eigenvalue weighted by atomic mass is 10.1. The number of hydrogen-bond donors (Lipinski definition) is 1. The minimum absolute atomic E-state index is 0.00619. The summed E-state index contributed by atoms with van der Waals surface area (Å²) in [5, 5.41) is 2.82. The predicted molar refractivity (Wildman–Crippen MR) is 90.7 cm³/mol. The van der Waals surface area contributed by atoms with Gasteiger partial charge >= 0.3 is 0 Å². The molecule has 1 N–H and O–H groups in total. The Morgan fingerprint density at radius 2 is 1.76 bits per heavy atom. The van der Waals surface area contributed by atoms with Crippen LogP contribution in [0.4, 0.5) is 11.4 Å². The highest BCUT2D eigenvalue weighted by Gasteiger charge is 2.23. The van der Waals surface area contributed by atoms with Gasteiger partial charge in [-0.2, -0.15) is 0 Å². The van der Waals surface area contributed by atoms with E-state index < -0.39 is 0 Å². The van der Waals surface area contributed by atoms with Crippen LogP contribution in [0.5, 0.6) is 17.2 Å². The molecule has 25 heavy (non-hydrogen) atoms. The van der Waals surface area contributed by atoms with Gasteiger partial charge in [-0.15, -0.1) is 0 Å². The molecule has 2 aromatic rings. The Morgan fingerprint density at radius 1 is 1.00 bits per heavy atom. The fraction of sp³-hybridized carbons (Fsp3) is 0.222. The maximum Gasteiger partial charge on any atom is 0.264 e. The van der Waals surface area contributed by atoms with Crippen molar-refractivity contribution in [1.82, 2.24) is 0 Å². The average molecular weight is 340 g/mol. The number of benzene rings is 2. The third-order valence-corrected chi connectivity index (χ3v) is 4.11. The Labute approximate surface area is 144 Å². The molecule has 0 atom stereocenters. The molecule has 7 nitrogen and oxygen atoms in total. The van der Waals surface area contributed by atoms with Gasteiger partial charge in [-0.1, -0.05) is 0 Å². The molecular weight excluding hydrogens is 324 g/mol. The van der Waals surface area contributed by atoms with Crippen molar-refractivity contribution in [2.24, 2.45) is 0 Å². The Hall–Kier alpha value is -3.22. The summed E-state index contributed by atoms with van der Waals surface area (Å²) >= 11 is 0. The highest BCUT2D eigenvalue weighted by molar-refractivity contribution is 6.06. The van der Waals surface area contributed by atoms with Crippen molar-refractivity contribution in [1.29, 1.82) is 0 Å². The minimum Gasteiger partial charge on any atom is -0.486 e. The highest BCUT2D eigenvalue weighted by atomic mass is 16.6. The van der Waals surface area contributed by atoms with Crippen LogP contribution in [-0.4, -0.2) is 38.7 Å². The van der Waals surface area contributed by atoms with Crippen molar-refractivity contribution in [3.63, 3.8) is 0 Å².